The highest BCUT2D eigenvalue weighted by Gasteiger charge is 2.41. The molecule has 1 N–H and O–H groups in total. The number of sulfonamides is 1. The van der Waals surface area contributed by atoms with E-state index in [2.05, 4.69) is 4.98 Å². The summed E-state index contributed by atoms with van der Waals surface area (Å²) in [5.74, 6) is 0. The Balaban J connectivity index is 2.04. The van der Waals surface area contributed by atoms with Gasteiger partial charge in [0.15, 0.2) is 0 Å². The standard InChI is InChI=1S/C15H16N2O3S/c1-17-13(10-11-6-8-16-9-7-11)15(18)12-4-2-3-5-14(12)21(17,19)20/h2-9,13,15,18H,10H2,1H3. The second-order valence-electron chi connectivity index (χ2n) is 5.13. The van der Waals surface area contributed by atoms with Gasteiger partial charge >= 0.3 is 0 Å². The van der Waals surface area contributed by atoms with Crippen molar-refractivity contribution < 1.29 is 13.5 Å². The topological polar surface area (TPSA) is 70.5 Å². The lowest BCUT2D eigenvalue weighted by Crippen LogP contribution is -2.46. The molecular weight excluding hydrogens is 288 g/mol. The van der Waals surface area contributed by atoms with Crippen molar-refractivity contribution in [3.05, 3.63) is 59.9 Å². The van der Waals surface area contributed by atoms with E-state index in [0.717, 1.165) is 5.56 Å². The van der Waals surface area contributed by atoms with Crippen molar-refractivity contribution in [1.29, 1.82) is 0 Å². The fourth-order valence-corrected chi connectivity index (χ4v) is 4.29. The molecule has 21 heavy (non-hydrogen) atoms. The molecule has 0 radical (unpaired) electrons. The summed E-state index contributed by atoms with van der Waals surface area (Å²) in [6.07, 6.45) is 2.91. The minimum absolute atomic E-state index is 0.186. The van der Waals surface area contributed by atoms with Gasteiger partial charge in [-0.15, -0.1) is 0 Å². The zero-order chi connectivity index (χ0) is 15.0. The highest BCUT2D eigenvalue weighted by Crippen LogP contribution is 2.36. The van der Waals surface area contributed by atoms with Crippen LogP contribution < -0.4 is 0 Å². The maximum atomic E-state index is 12.6. The number of rotatable bonds is 2. The van der Waals surface area contributed by atoms with Gasteiger partial charge in [-0.2, -0.15) is 4.31 Å². The Morgan fingerprint density at radius 3 is 2.57 bits per heavy atom. The monoisotopic (exact) mass is 304 g/mol. The first-order valence-electron chi connectivity index (χ1n) is 6.66. The van der Waals surface area contributed by atoms with Crippen LogP contribution in [0.25, 0.3) is 0 Å². The molecule has 1 aliphatic rings. The number of benzene rings is 1. The molecule has 110 valence electrons. The van der Waals surface area contributed by atoms with Gasteiger partial charge in [0.2, 0.25) is 10.0 Å². The third-order valence-corrected chi connectivity index (χ3v) is 5.88. The zero-order valence-corrected chi connectivity index (χ0v) is 12.4. The first-order chi connectivity index (χ1) is 10.0. The van der Waals surface area contributed by atoms with Crippen LogP contribution in [0.4, 0.5) is 0 Å². The van der Waals surface area contributed by atoms with Crippen molar-refractivity contribution in [3.8, 4) is 0 Å². The molecule has 1 aliphatic heterocycles. The number of nitrogens with zero attached hydrogens (tertiary/aromatic N) is 2. The Morgan fingerprint density at radius 1 is 1.19 bits per heavy atom. The van der Waals surface area contributed by atoms with Crippen molar-refractivity contribution in [2.45, 2.75) is 23.5 Å². The smallest absolute Gasteiger partial charge is 0.243 e. The fraction of sp³-hybridized carbons (Fsp3) is 0.267. The van der Waals surface area contributed by atoms with Crippen LogP contribution >= 0.6 is 0 Å². The predicted molar refractivity (Wildman–Crippen MR) is 78.1 cm³/mol. The van der Waals surface area contributed by atoms with Crippen LogP contribution in [0.1, 0.15) is 17.2 Å². The number of aliphatic hydroxyl groups is 1. The van der Waals surface area contributed by atoms with Crippen LogP contribution in [-0.2, 0) is 16.4 Å². The Labute approximate surface area is 123 Å². The summed E-state index contributed by atoms with van der Waals surface area (Å²) in [6, 6.07) is 9.75. The molecule has 0 aliphatic carbocycles. The van der Waals surface area contributed by atoms with Gasteiger partial charge in [0.05, 0.1) is 17.0 Å². The molecule has 1 aromatic heterocycles. The third-order valence-electron chi connectivity index (χ3n) is 3.92. The summed E-state index contributed by atoms with van der Waals surface area (Å²) < 4.78 is 26.4. The minimum atomic E-state index is -3.57. The maximum absolute atomic E-state index is 12.6. The van der Waals surface area contributed by atoms with E-state index in [1.807, 2.05) is 12.1 Å². The molecule has 3 rings (SSSR count). The molecule has 2 unspecified atom stereocenters. The summed E-state index contributed by atoms with van der Waals surface area (Å²) in [5.41, 5.74) is 1.41. The molecule has 5 nitrogen and oxygen atoms in total. The number of likely N-dealkylation sites (N-methyl/N-ethyl adjacent to an activating group) is 1. The maximum Gasteiger partial charge on any atom is 0.243 e. The van der Waals surface area contributed by atoms with Gasteiger partial charge in [0, 0.05) is 25.0 Å². The molecule has 2 aromatic rings. The van der Waals surface area contributed by atoms with Crippen molar-refractivity contribution in [1.82, 2.24) is 9.29 Å². The number of hydrogen-bond donors (Lipinski definition) is 1. The van der Waals surface area contributed by atoms with Crippen LogP contribution in [0.3, 0.4) is 0 Å². The summed E-state index contributed by atoms with van der Waals surface area (Å²) in [6.45, 7) is 0. The molecular formula is C15H16N2O3S. The van der Waals surface area contributed by atoms with E-state index in [4.69, 9.17) is 0 Å². The van der Waals surface area contributed by atoms with Crippen molar-refractivity contribution in [3.63, 3.8) is 0 Å². The van der Waals surface area contributed by atoms with Gasteiger partial charge in [-0.1, -0.05) is 18.2 Å². The lowest BCUT2D eigenvalue weighted by atomic mass is 9.96. The number of pyridine rings is 1. The minimum Gasteiger partial charge on any atom is -0.387 e. The summed E-state index contributed by atoms with van der Waals surface area (Å²) in [5, 5.41) is 10.6. The molecule has 0 bridgehead atoms. The van der Waals surface area contributed by atoms with Crippen LogP contribution in [0.2, 0.25) is 0 Å². The molecule has 1 aromatic carbocycles. The van der Waals surface area contributed by atoms with E-state index in [-0.39, 0.29) is 4.90 Å². The number of aliphatic hydroxyl groups excluding tert-OH is 1. The first kappa shape index (κ1) is 14.2. The Morgan fingerprint density at radius 2 is 1.86 bits per heavy atom. The molecule has 0 fully saturated rings. The van der Waals surface area contributed by atoms with Crippen LogP contribution in [-0.4, -0.2) is 35.9 Å². The highest BCUT2D eigenvalue weighted by atomic mass is 32.2. The third kappa shape index (κ3) is 2.35. The summed E-state index contributed by atoms with van der Waals surface area (Å²) in [7, 11) is -2.05. The fourth-order valence-electron chi connectivity index (χ4n) is 2.70. The van der Waals surface area contributed by atoms with E-state index in [9.17, 15) is 13.5 Å². The number of fused-ring (bicyclic) bond motifs is 1. The van der Waals surface area contributed by atoms with Gasteiger partial charge < -0.3 is 5.11 Å². The van der Waals surface area contributed by atoms with Gasteiger partial charge in [0.1, 0.15) is 0 Å². The van der Waals surface area contributed by atoms with E-state index < -0.39 is 22.2 Å². The SMILES string of the molecule is CN1C(Cc2ccncc2)C(O)c2ccccc2S1(=O)=O. The van der Waals surface area contributed by atoms with Crippen molar-refractivity contribution >= 4 is 10.0 Å². The average molecular weight is 304 g/mol. The second kappa shape index (κ2) is 5.22. The molecule has 0 amide bonds. The highest BCUT2D eigenvalue weighted by molar-refractivity contribution is 7.89. The van der Waals surface area contributed by atoms with Gasteiger partial charge in [-0.3, -0.25) is 4.98 Å². The molecule has 0 spiro atoms. The normalized spacial score (nSPS) is 24.5. The first-order valence-corrected chi connectivity index (χ1v) is 8.10. The van der Waals surface area contributed by atoms with E-state index in [1.165, 1.54) is 17.4 Å². The van der Waals surface area contributed by atoms with E-state index in [0.29, 0.717) is 12.0 Å². The number of hydrogen-bond acceptors (Lipinski definition) is 4. The Hall–Kier alpha value is -1.76. The Kier molecular flexibility index (Phi) is 3.52. The predicted octanol–water partition coefficient (Wildman–Crippen LogP) is 1.36. The van der Waals surface area contributed by atoms with Crippen LogP contribution in [0.15, 0.2) is 53.7 Å². The lowest BCUT2D eigenvalue weighted by molar-refractivity contribution is 0.0892. The van der Waals surface area contributed by atoms with Gasteiger partial charge in [-0.05, 0) is 30.2 Å². The molecule has 2 atom stereocenters. The van der Waals surface area contributed by atoms with E-state index >= 15 is 0 Å². The summed E-state index contributed by atoms with van der Waals surface area (Å²) >= 11 is 0. The zero-order valence-electron chi connectivity index (χ0n) is 11.5. The molecule has 6 heteroatoms. The van der Waals surface area contributed by atoms with Gasteiger partial charge in [0.25, 0.3) is 0 Å². The summed E-state index contributed by atoms with van der Waals surface area (Å²) in [4.78, 5) is 4.13. The molecule has 2 heterocycles. The largest absolute Gasteiger partial charge is 0.387 e. The van der Waals surface area contributed by atoms with E-state index in [1.54, 1.807) is 30.6 Å². The average Bonchev–Trinajstić information content (AvgIpc) is 2.51. The van der Waals surface area contributed by atoms with Gasteiger partial charge in [-0.25, -0.2) is 8.42 Å². The van der Waals surface area contributed by atoms with Crippen molar-refractivity contribution in [2.24, 2.45) is 0 Å². The molecule has 0 saturated carbocycles. The van der Waals surface area contributed by atoms with Crippen molar-refractivity contribution in [2.75, 3.05) is 7.05 Å². The quantitative estimate of drug-likeness (QED) is 0.909. The molecule has 0 saturated heterocycles. The Bertz CT molecular complexity index is 747. The number of aromatic nitrogens is 1. The van der Waals surface area contributed by atoms with Crippen LogP contribution in [0.5, 0.6) is 0 Å². The second-order valence-corrected chi connectivity index (χ2v) is 7.10. The lowest BCUT2D eigenvalue weighted by Gasteiger charge is -2.37. The van der Waals surface area contributed by atoms with Crippen LogP contribution in [0, 0.1) is 0 Å².